The van der Waals surface area contributed by atoms with E-state index in [0.29, 0.717) is 29.0 Å². The lowest BCUT2D eigenvalue weighted by atomic mass is 10.2. The van der Waals surface area contributed by atoms with Crippen molar-refractivity contribution in [1.82, 2.24) is 0 Å². The van der Waals surface area contributed by atoms with Gasteiger partial charge in [-0.05, 0) is 39.7 Å². The quantitative estimate of drug-likeness (QED) is 0.637. The summed E-state index contributed by atoms with van der Waals surface area (Å²) < 4.78 is 12.1. The molecule has 0 radical (unpaired) electrons. The molecule has 1 heterocycles. The topological polar surface area (TPSA) is 18.5 Å². The van der Waals surface area contributed by atoms with Gasteiger partial charge in [-0.2, -0.15) is 0 Å². The van der Waals surface area contributed by atoms with Crippen LogP contribution in [0.2, 0.25) is 5.02 Å². The van der Waals surface area contributed by atoms with Gasteiger partial charge >= 0.3 is 0 Å². The minimum absolute atomic E-state index is 0.383. The molecule has 6 heteroatoms. The van der Waals surface area contributed by atoms with Crippen molar-refractivity contribution in [3.63, 3.8) is 0 Å². The van der Waals surface area contributed by atoms with Crippen molar-refractivity contribution < 1.29 is 9.47 Å². The molecular formula is C13H11BrCl2O2S. The Kier molecular flexibility index (Phi) is 5.39. The zero-order valence-corrected chi connectivity index (χ0v) is 14.0. The molecule has 0 aliphatic heterocycles. The molecule has 1 aromatic carbocycles. The molecule has 0 fully saturated rings. The summed E-state index contributed by atoms with van der Waals surface area (Å²) >= 11 is 17.0. The standard InChI is InChI=1S/C13H11BrCl2O2S/c1-17-12-3-8(5-15)2-11(16)13(12)18-6-10-4-9(14)7-19-10/h2-4,7H,5-6H2,1H3. The van der Waals surface area contributed by atoms with Crippen LogP contribution in [0.1, 0.15) is 10.4 Å². The number of hydrogen-bond acceptors (Lipinski definition) is 3. The second-order valence-electron chi connectivity index (χ2n) is 3.76. The highest BCUT2D eigenvalue weighted by molar-refractivity contribution is 9.10. The van der Waals surface area contributed by atoms with Crippen molar-refractivity contribution in [2.75, 3.05) is 7.11 Å². The number of thiophene rings is 1. The van der Waals surface area contributed by atoms with Crippen LogP contribution in [0.25, 0.3) is 0 Å². The summed E-state index contributed by atoms with van der Waals surface area (Å²) in [5.74, 6) is 1.52. The van der Waals surface area contributed by atoms with Gasteiger partial charge in [-0.1, -0.05) is 11.6 Å². The van der Waals surface area contributed by atoms with E-state index in [2.05, 4.69) is 15.9 Å². The van der Waals surface area contributed by atoms with E-state index in [1.807, 2.05) is 17.5 Å². The second kappa shape index (κ2) is 6.84. The minimum Gasteiger partial charge on any atom is -0.493 e. The molecule has 0 aliphatic rings. The summed E-state index contributed by atoms with van der Waals surface area (Å²) in [4.78, 5) is 1.10. The van der Waals surface area contributed by atoms with Crippen LogP contribution in [0.5, 0.6) is 11.5 Å². The Hall–Kier alpha value is -0.420. The van der Waals surface area contributed by atoms with E-state index in [9.17, 15) is 0 Å². The number of halogens is 3. The third-order valence-corrected chi connectivity index (χ3v) is 4.68. The average molecular weight is 382 g/mol. The fraction of sp³-hybridized carbons (Fsp3) is 0.231. The Balaban J connectivity index is 2.19. The van der Waals surface area contributed by atoms with E-state index in [1.54, 1.807) is 24.5 Å². The van der Waals surface area contributed by atoms with Crippen molar-refractivity contribution in [3.05, 3.63) is 43.5 Å². The molecule has 0 amide bonds. The summed E-state index contributed by atoms with van der Waals surface area (Å²) in [6, 6.07) is 5.63. The van der Waals surface area contributed by atoms with Gasteiger partial charge in [0.1, 0.15) is 6.61 Å². The Morgan fingerprint density at radius 1 is 1.32 bits per heavy atom. The Bertz CT molecular complexity index is 572. The van der Waals surface area contributed by atoms with Crippen LogP contribution in [-0.2, 0) is 12.5 Å². The van der Waals surface area contributed by atoms with Crippen molar-refractivity contribution in [1.29, 1.82) is 0 Å². The summed E-state index contributed by atoms with van der Waals surface area (Å²) in [5.41, 5.74) is 0.898. The predicted octanol–water partition coefficient (Wildman–Crippen LogP) is 5.49. The van der Waals surface area contributed by atoms with Gasteiger partial charge in [0.05, 0.1) is 12.1 Å². The lowest BCUT2D eigenvalue weighted by molar-refractivity contribution is 0.287. The van der Waals surface area contributed by atoms with Crippen molar-refractivity contribution in [2.24, 2.45) is 0 Å². The molecule has 0 N–H and O–H groups in total. The minimum atomic E-state index is 0.383. The maximum absolute atomic E-state index is 6.19. The maximum Gasteiger partial charge on any atom is 0.180 e. The van der Waals surface area contributed by atoms with Crippen LogP contribution in [0.4, 0.5) is 0 Å². The normalized spacial score (nSPS) is 10.5. The van der Waals surface area contributed by atoms with Gasteiger partial charge < -0.3 is 9.47 Å². The van der Waals surface area contributed by atoms with E-state index < -0.39 is 0 Å². The molecule has 0 saturated heterocycles. The monoisotopic (exact) mass is 380 g/mol. The SMILES string of the molecule is COc1cc(CCl)cc(Cl)c1OCc1cc(Br)cs1. The van der Waals surface area contributed by atoms with Gasteiger partial charge in [-0.3, -0.25) is 0 Å². The molecule has 0 aliphatic carbocycles. The maximum atomic E-state index is 6.19. The van der Waals surface area contributed by atoms with Crippen molar-refractivity contribution in [2.45, 2.75) is 12.5 Å². The molecule has 0 atom stereocenters. The van der Waals surface area contributed by atoms with Gasteiger partial charge in [-0.25, -0.2) is 0 Å². The number of benzene rings is 1. The zero-order chi connectivity index (χ0) is 13.8. The van der Waals surface area contributed by atoms with Crippen LogP contribution in [0.15, 0.2) is 28.1 Å². The summed E-state index contributed by atoms with van der Waals surface area (Å²) in [5, 5.41) is 2.51. The van der Waals surface area contributed by atoms with Gasteiger partial charge in [0.15, 0.2) is 11.5 Å². The van der Waals surface area contributed by atoms with Crippen LogP contribution in [0, 0.1) is 0 Å². The van der Waals surface area contributed by atoms with E-state index in [1.165, 1.54) is 0 Å². The molecule has 0 unspecified atom stereocenters. The average Bonchev–Trinajstić information content (AvgIpc) is 2.82. The van der Waals surface area contributed by atoms with Crippen LogP contribution in [-0.4, -0.2) is 7.11 Å². The molecule has 0 bridgehead atoms. The largest absolute Gasteiger partial charge is 0.493 e. The Morgan fingerprint density at radius 2 is 2.11 bits per heavy atom. The van der Waals surface area contributed by atoms with E-state index in [-0.39, 0.29) is 0 Å². The van der Waals surface area contributed by atoms with Crippen LogP contribution in [0.3, 0.4) is 0 Å². The van der Waals surface area contributed by atoms with E-state index >= 15 is 0 Å². The predicted molar refractivity (Wildman–Crippen MR) is 83.9 cm³/mol. The first kappa shape index (κ1) is 15.0. The summed E-state index contributed by atoms with van der Waals surface area (Å²) in [6.07, 6.45) is 0. The fourth-order valence-corrected chi connectivity index (χ4v) is 3.37. The number of rotatable bonds is 5. The molecule has 2 aromatic rings. The zero-order valence-electron chi connectivity index (χ0n) is 10.1. The van der Waals surface area contributed by atoms with Gasteiger partial charge in [0.25, 0.3) is 0 Å². The lowest BCUT2D eigenvalue weighted by Gasteiger charge is -2.13. The van der Waals surface area contributed by atoms with Crippen LogP contribution >= 0.6 is 50.5 Å². The lowest BCUT2D eigenvalue weighted by Crippen LogP contribution is -1.98. The molecule has 19 heavy (non-hydrogen) atoms. The smallest absolute Gasteiger partial charge is 0.180 e. The Morgan fingerprint density at radius 3 is 2.68 bits per heavy atom. The van der Waals surface area contributed by atoms with Crippen molar-refractivity contribution in [3.8, 4) is 11.5 Å². The van der Waals surface area contributed by atoms with Gasteiger partial charge in [0, 0.05) is 20.6 Å². The van der Waals surface area contributed by atoms with Gasteiger partial charge in [-0.15, -0.1) is 22.9 Å². The molecular weight excluding hydrogens is 371 g/mol. The first-order valence-corrected chi connectivity index (χ1v) is 8.00. The number of alkyl halides is 1. The fourth-order valence-electron chi connectivity index (χ4n) is 1.56. The number of methoxy groups -OCH3 is 1. The van der Waals surface area contributed by atoms with Crippen LogP contribution < -0.4 is 9.47 Å². The highest BCUT2D eigenvalue weighted by atomic mass is 79.9. The van der Waals surface area contributed by atoms with E-state index in [0.717, 1.165) is 14.9 Å². The number of hydrogen-bond donors (Lipinski definition) is 0. The molecule has 2 rings (SSSR count). The highest BCUT2D eigenvalue weighted by Gasteiger charge is 2.12. The third-order valence-electron chi connectivity index (χ3n) is 2.42. The molecule has 102 valence electrons. The first-order chi connectivity index (χ1) is 9.13. The Labute approximate surface area is 134 Å². The molecule has 2 nitrogen and oxygen atoms in total. The number of ether oxygens (including phenoxy) is 2. The molecule has 0 saturated carbocycles. The molecule has 0 spiro atoms. The molecule has 1 aromatic heterocycles. The first-order valence-electron chi connectivity index (χ1n) is 5.42. The van der Waals surface area contributed by atoms with E-state index in [4.69, 9.17) is 32.7 Å². The summed E-state index contributed by atoms with van der Waals surface area (Å²) in [6.45, 7) is 0.451. The second-order valence-corrected chi connectivity index (χ2v) is 6.35. The summed E-state index contributed by atoms with van der Waals surface area (Å²) in [7, 11) is 1.58. The van der Waals surface area contributed by atoms with Crippen molar-refractivity contribution >= 4 is 50.5 Å². The van der Waals surface area contributed by atoms with Gasteiger partial charge in [0.2, 0.25) is 0 Å². The highest BCUT2D eigenvalue weighted by Crippen LogP contribution is 2.37. The third kappa shape index (κ3) is 3.78.